The van der Waals surface area contributed by atoms with Crippen LogP contribution in [-0.2, 0) is 3.79 Å². The summed E-state index contributed by atoms with van der Waals surface area (Å²) >= 11 is 1.59. The Morgan fingerprint density at radius 2 is 1.71 bits per heavy atom. The van der Waals surface area contributed by atoms with Crippen molar-refractivity contribution in [3.05, 3.63) is 0 Å². The fourth-order valence-corrected chi connectivity index (χ4v) is 0. The van der Waals surface area contributed by atoms with Crippen LogP contribution in [0.3, 0.4) is 0 Å². The highest BCUT2D eigenvalue weighted by Crippen LogP contribution is 1.59. The van der Waals surface area contributed by atoms with E-state index in [4.69, 9.17) is 9.90 Å². The minimum Gasteiger partial charge on any atom is -0.598 e. The van der Waals surface area contributed by atoms with Crippen LogP contribution in [0.5, 0.6) is 0 Å². The molecule has 0 aliphatic heterocycles. The lowest BCUT2D eigenvalue weighted by Crippen LogP contribution is -1.92. The molecule has 0 aliphatic carbocycles. The molecule has 0 spiro atoms. The molecule has 0 heterocycles. The van der Waals surface area contributed by atoms with E-state index in [1.807, 2.05) is 0 Å². The minimum absolute atomic E-state index is 0. The van der Waals surface area contributed by atoms with Gasteiger partial charge in [0.05, 0.1) is 0 Å². The smallest absolute Gasteiger partial charge is 0.490 e. The van der Waals surface area contributed by atoms with Gasteiger partial charge in [-0.15, -0.1) is 0 Å². The predicted octanol–water partition coefficient (Wildman–Crippen LogP) is -1.88. The Morgan fingerprint density at radius 1 is 1.57 bits per heavy atom. The second-order valence-electron chi connectivity index (χ2n) is 0.384. The van der Waals surface area contributed by atoms with Gasteiger partial charge in [-0.05, 0) is 0 Å². The molecule has 6 heteroatoms. The van der Waals surface area contributed by atoms with E-state index in [-0.39, 0.29) is 11.0 Å². The van der Waals surface area contributed by atoms with Gasteiger partial charge in [-0.2, -0.15) is 0 Å². The largest absolute Gasteiger partial charge is 0.598 e. The van der Waals surface area contributed by atoms with Crippen molar-refractivity contribution < 1.29 is 24.6 Å². The molecule has 0 rings (SSSR count). The first-order valence-electron chi connectivity index (χ1n) is 0.868. The fourth-order valence-electron chi connectivity index (χ4n) is 0. The molecular weight excluding hydrogens is 119 g/mol. The average molecular weight is 124 g/mol. The first-order valence-corrected chi connectivity index (χ1v) is 1.34. The number of hydrogen-bond acceptors (Lipinski definition) is 2. The summed E-state index contributed by atoms with van der Waals surface area (Å²) in [5.74, 6) is 0. The molecule has 0 fully saturated rings. The second kappa shape index (κ2) is 9.21. The van der Waals surface area contributed by atoms with Crippen molar-refractivity contribution in [3.8, 4) is 0 Å². The molecule has 0 aromatic carbocycles. The molecule has 0 aromatic rings. The third-order valence-electron chi connectivity index (χ3n) is 0.101. The molecule has 0 unspecified atom stereocenters. The van der Waals surface area contributed by atoms with Crippen LogP contribution in [0.1, 0.15) is 0 Å². The van der Waals surface area contributed by atoms with E-state index in [1.54, 1.807) is 16.6 Å². The maximum absolute atomic E-state index is 9.12. The number of carboxylic acid groups (broad SMARTS) is 1. The van der Waals surface area contributed by atoms with Gasteiger partial charge >= 0.3 is 22.8 Å². The fraction of sp³-hybridized carbons (Fsp3) is 0. The van der Waals surface area contributed by atoms with Gasteiger partial charge in [0.15, 0.2) is 0 Å². The van der Waals surface area contributed by atoms with Crippen LogP contribution >= 0.6 is 0 Å². The van der Waals surface area contributed by atoms with E-state index in [2.05, 4.69) is 3.79 Å². The van der Waals surface area contributed by atoms with Crippen molar-refractivity contribution in [3.63, 3.8) is 0 Å². The summed E-state index contributed by atoms with van der Waals surface area (Å²) in [5, 5.41) is 7.48. The molecule has 0 atom stereocenters. The number of rotatable bonds is 0. The van der Waals surface area contributed by atoms with Crippen LogP contribution in [0.25, 0.3) is 0 Å². The van der Waals surface area contributed by atoms with Gasteiger partial charge in [0.1, 0.15) is 0 Å². The van der Waals surface area contributed by atoms with Gasteiger partial charge in [-0.3, -0.25) is 0 Å². The molecule has 0 aliphatic rings. The molecule has 0 amide bonds. The summed E-state index contributed by atoms with van der Waals surface area (Å²) < 4.78 is 3.58. The van der Waals surface area contributed by atoms with E-state index in [0.717, 1.165) is 0 Å². The number of carbonyl (C=O) groups is 1. The molecule has 0 saturated carbocycles. The van der Waals surface area contributed by atoms with Crippen LogP contribution in [0.4, 0.5) is 4.79 Å². The number of hydrogen-bond donors (Lipinski definition) is 1. The summed E-state index contributed by atoms with van der Waals surface area (Å²) in [6.45, 7) is 0. The van der Waals surface area contributed by atoms with Crippen LogP contribution in [0, 0.1) is 0 Å². The van der Waals surface area contributed by atoms with Crippen molar-refractivity contribution >= 4 is 22.8 Å². The molecule has 0 bridgehead atoms. The van der Waals surface area contributed by atoms with E-state index < -0.39 is 6.16 Å². The van der Waals surface area contributed by atoms with Crippen molar-refractivity contribution in [1.82, 2.24) is 0 Å². The molecule has 5 nitrogen and oxygen atoms in total. The van der Waals surface area contributed by atoms with E-state index >= 15 is 0 Å². The van der Waals surface area contributed by atoms with Gasteiger partial charge in [-0.25, -0.2) is 4.79 Å². The first-order chi connectivity index (χ1) is 2.27. The molecule has 42 valence electrons. The minimum atomic E-state index is -1.28. The highest BCUT2D eigenvalue weighted by molar-refractivity contribution is 6.03. The standard InChI is InChI=1S/CH2O3.Al.2H2O/c2-1(3)4;;;/h(H2,2,3,4);;2*1H2/q;+1;;/p-1. The Balaban J connectivity index is -0.0000000800. The molecular formula is CH5AlO5. The maximum Gasteiger partial charge on any atom is 0.490 e. The van der Waals surface area contributed by atoms with E-state index in [0.29, 0.717) is 0 Å². The molecule has 2 radical (unpaired) electrons. The van der Waals surface area contributed by atoms with Crippen molar-refractivity contribution in [2.45, 2.75) is 0 Å². The predicted molar refractivity (Wildman–Crippen MR) is 22.1 cm³/mol. The normalized spacial score (nSPS) is 4.57. The Kier molecular flexibility index (Phi) is 20.9. The lowest BCUT2D eigenvalue weighted by Gasteiger charge is -1.83. The summed E-state index contributed by atoms with van der Waals surface area (Å²) in [6.07, 6.45) is -1.28. The van der Waals surface area contributed by atoms with Gasteiger partial charge < -0.3 is 19.8 Å². The summed E-state index contributed by atoms with van der Waals surface area (Å²) in [6, 6.07) is 0. The molecule has 7 heavy (non-hydrogen) atoms. The Labute approximate surface area is 48.3 Å². The lowest BCUT2D eigenvalue weighted by molar-refractivity contribution is 0.148. The van der Waals surface area contributed by atoms with Crippen molar-refractivity contribution in [2.75, 3.05) is 0 Å². The zero-order valence-corrected chi connectivity index (χ0v) is 4.50. The van der Waals surface area contributed by atoms with E-state index in [9.17, 15) is 0 Å². The zero-order chi connectivity index (χ0) is 4.28. The molecule has 0 aromatic heterocycles. The van der Waals surface area contributed by atoms with Crippen molar-refractivity contribution in [1.29, 1.82) is 0 Å². The summed E-state index contributed by atoms with van der Waals surface area (Å²) in [4.78, 5) is 9.12. The average Bonchev–Trinajstić information content (AvgIpc) is 1.38. The first kappa shape index (κ1) is 15.9. The van der Waals surface area contributed by atoms with Gasteiger partial charge in [-0.1, -0.05) is 0 Å². The Bertz CT molecular complexity index is 43.3. The van der Waals surface area contributed by atoms with Gasteiger partial charge in [0.2, 0.25) is 0 Å². The third-order valence-corrected chi connectivity index (χ3v) is 0.302. The lowest BCUT2D eigenvalue weighted by atomic mass is 11.5. The highest BCUT2D eigenvalue weighted by Gasteiger charge is 1.79. The second-order valence-corrected chi connectivity index (χ2v) is 0.619. The molecule has 0 saturated heterocycles. The van der Waals surface area contributed by atoms with Crippen LogP contribution in [0.15, 0.2) is 0 Å². The summed E-state index contributed by atoms with van der Waals surface area (Å²) in [7, 11) is 0. The van der Waals surface area contributed by atoms with E-state index in [1.165, 1.54) is 0 Å². The Hall–Kier alpha value is -0.278. The highest BCUT2D eigenvalue weighted by atomic mass is 27.1. The monoisotopic (exact) mass is 124 g/mol. The van der Waals surface area contributed by atoms with Crippen LogP contribution < -0.4 is 0 Å². The SMILES string of the molecule is O.O.O=C(O)[O][Al]. The van der Waals surface area contributed by atoms with Gasteiger partial charge in [0.25, 0.3) is 0 Å². The maximum atomic E-state index is 9.12. The van der Waals surface area contributed by atoms with Crippen molar-refractivity contribution in [2.24, 2.45) is 0 Å². The summed E-state index contributed by atoms with van der Waals surface area (Å²) in [5.41, 5.74) is 0. The topological polar surface area (TPSA) is 110 Å². The quantitative estimate of drug-likeness (QED) is 0.381. The van der Waals surface area contributed by atoms with Gasteiger partial charge in [0, 0.05) is 0 Å². The van der Waals surface area contributed by atoms with Crippen LogP contribution in [-0.4, -0.2) is 38.8 Å². The molecule has 5 N–H and O–H groups in total. The Morgan fingerprint density at radius 3 is 1.71 bits per heavy atom. The zero-order valence-electron chi connectivity index (χ0n) is 3.34. The third kappa shape index (κ3) is 26.7. The van der Waals surface area contributed by atoms with Crippen LogP contribution in [0.2, 0.25) is 0 Å².